The topological polar surface area (TPSA) is 240 Å². The molecule has 3 N–H and O–H groups in total. The molecule has 0 aromatic carbocycles. The van der Waals surface area contributed by atoms with Gasteiger partial charge < -0.3 is 39.4 Å². The summed E-state index contributed by atoms with van der Waals surface area (Å²) in [5.74, 6) is -5.23. The number of hydrogen-bond donors (Lipinski definition) is 3. The van der Waals surface area contributed by atoms with Gasteiger partial charge in [0, 0.05) is 68.6 Å². The summed E-state index contributed by atoms with van der Waals surface area (Å²) in [7, 11) is 8.84. The zero-order chi connectivity index (χ0) is 43.8. The van der Waals surface area contributed by atoms with E-state index in [1.807, 2.05) is 12.1 Å². The van der Waals surface area contributed by atoms with Crippen LogP contribution >= 0.6 is 43.2 Å². The van der Waals surface area contributed by atoms with Gasteiger partial charge in [-0.3, -0.25) is 38.4 Å². The Morgan fingerprint density at radius 1 is 0.712 bits per heavy atom. The second kappa shape index (κ2) is 33.4. The number of nitrogens with zero attached hydrogens (tertiary/aromatic N) is 1. The van der Waals surface area contributed by atoms with Gasteiger partial charge in [-0.2, -0.15) is 0 Å². The normalized spacial score (nSPS) is 12.9. The lowest BCUT2D eigenvalue weighted by molar-refractivity contribution is -0.148. The van der Waals surface area contributed by atoms with Crippen molar-refractivity contribution in [3.05, 3.63) is 24.4 Å². The van der Waals surface area contributed by atoms with Crippen molar-refractivity contribution < 1.29 is 67.1 Å². The van der Waals surface area contributed by atoms with Crippen LogP contribution in [0.2, 0.25) is 0 Å². The molecule has 1 heterocycles. The lowest BCUT2D eigenvalue weighted by Gasteiger charge is -2.21. The van der Waals surface area contributed by atoms with Gasteiger partial charge in [-0.25, -0.2) is 4.98 Å². The van der Waals surface area contributed by atoms with Crippen LogP contribution < -0.4 is 10.6 Å². The summed E-state index contributed by atoms with van der Waals surface area (Å²) in [6.07, 6.45) is 0.844. The molecule has 1 rings (SSSR count). The lowest BCUT2D eigenvalue weighted by atomic mass is 9.92. The van der Waals surface area contributed by atoms with Crippen molar-refractivity contribution in [2.75, 3.05) is 64.5 Å². The Labute approximate surface area is 361 Å². The van der Waals surface area contributed by atoms with Gasteiger partial charge in [-0.1, -0.05) is 45.4 Å². The van der Waals surface area contributed by atoms with Crippen molar-refractivity contribution in [1.29, 1.82) is 0 Å². The van der Waals surface area contributed by atoms with Crippen LogP contribution in [0.25, 0.3) is 0 Å². The fraction of sp³-hybridized carbons (Fsp3) is 0.658. The fourth-order valence-electron chi connectivity index (χ4n) is 4.87. The summed E-state index contributed by atoms with van der Waals surface area (Å²) < 4.78 is 25.6. The number of esters is 4. The molecule has 0 saturated carbocycles. The van der Waals surface area contributed by atoms with E-state index in [1.165, 1.54) is 57.2 Å². The first-order chi connectivity index (χ1) is 28.3. The average Bonchev–Trinajstić information content (AvgIpc) is 3.21. The third kappa shape index (κ3) is 27.2. The minimum absolute atomic E-state index is 0.0102. The molecule has 4 unspecified atom stereocenters. The van der Waals surface area contributed by atoms with Crippen LogP contribution in [-0.4, -0.2) is 134 Å². The molecule has 0 radical (unpaired) electrons. The number of ketones is 2. The molecule has 0 aliphatic rings. The molecule has 0 aliphatic carbocycles. The highest BCUT2D eigenvalue weighted by molar-refractivity contribution is 8.77. The molecular formula is C38H57N3O14S4. The number of methoxy groups -OCH3 is 1. The molecule has 0 bridgehead atoms. The van der Waals surface area contributed by atoms with Crippen LogP contribution in [0, 0.1) is 11.8 Å². The standard InChI is InChI=1S/C38H57N3O14S4/c1-26(8-12-33(44)53-19-22-56-57-23-20-54-36(47)14-10-29(39-3)27(2)42)37(48)41-30(11-15-35(46)52-18-17-51-4)31(43)25-28(38(49)50)9-13-34(45)55-21-24-58-59-32-7-5-6-16-40-32/h5-7,16,26,28-30,39H,8-15,17-25H2,1-4H3,(H,41,48)(H,49,50). The first kappa shape index (κ1) is 53.6. The minimum Gasteiger partial charge on any atom is -0.481 e. The smallest absolute Gasteiger partial charge is 0.306 e. The highest BCUT2D eigenvalue weighted by Crippen LogP contribution is 2.28. The fourth-order valence-corrected chi connectivity index (χ4v) is 8.23. The van der Waals surface area contributed by atoms with Crippen molar-refractivity contribution in [3.63, 3.8) is 0 Å². The average molecular weight is 908 g/mol. The molecule has 0 fully saturated rings. The summed E-state index contributed by atoms with van der Waals surface area (Å²) in [5.41, 5.74) is 0. The first-order valence-corrected chi connectivity index (χ1v) is 23.9. The number of carboxylic acids is 1. The summed E-state index contributed by atoms with van der Waals surface area (Å²) >= 11 is 0. The SMILES string of the molecule is CNC(CCC(=O)OCCSSCCOC(=O)CCC(C)C(=O)NC(CCC(=O)OCCOC)C(=O)CC(CCC(=O)OCCSSc1ccccn1)C(=O)O)C(C)=O. The van der Waals surface area contributed by atoms with Gasteiger partial charge in [0.25, 0.3) is 0 Å². The van der Waals surface area contributed by atoms with E-state index in [2.05, 4.69) is 15.6 Å². The Bertz CT molecular complexity index is 1460. The molecule has 0 saturated heterocycles. The quantitative estimate of drug-likeness (QED) is 0.0376. The van der Waals surface area contributed by atoms with Crippen molar-refractivity contribution in [2.24, 2.45) is 11.8 Å². The van der Waals surface area contributed by atoms with Gasteiger partial charge in [0.2, 0.25) is 5.91 Å². The third-order valence-corrected chi connectivity index (χ3v) is 12.8. The monoisotopic (exact) mass is 907 g/mol. The molecule has 59 heavy (non-hydrogen) atoms. The number of nitrogens with one attached hydrogen (secondary N) is 2. The van der Waals surface area contributed by atoms with E-state index >= 15 is 0 Å². The number of rotatable bonds is 35. The molecular weight excluding hydrogens is 851 g/mol. The van der Waals surface area contributed by atoms with Gasteiger partial charge in [0.15, 0.2) is 5.78 Å². The van der Waals surface area contributed by atoms with E-state index in [9.17, 15) is 43.5 Å². The van der Waals surface area contributed by atoms with Crippen LogP contribution in [0.4, 0.5) is 0 Å². The van der Waals surface area contributed by atoms with Gasteiger partial charge in [0.05, 0.1) is 24.6 Å². The van der Waals surface area contributed by atoms with E-state index < -0.39 is 59.9 Å². The van der Waals surface area contributed by atoms with E-state index in [-0.39, 0.29) is 95.8 Å². The maximum absolute atomic E-state index is 13.4. The summed E-state index contributed by atoms with van der Waals surface area (Å²) in [4.78, 5) is 103. The Morgan fingerprint density at radius 2 is 1.24 bits per heavy atom. The third-order valence-electron chi connectivity index (χ3n) is 8.25. The van der Waals surface area contributed by atoms with Gasteiger partial charge in [-0.05, 0) is 62.6 Å². The van der Waals surface area contributed by atoms with Gasteiger partial charge in [-0.15, -0.1) is 0 Å². The van der Waals surface area contributed by atoms with Crippen molar-refractivity contribution in [3.8, 4) is 0 Å². The Morgan fingerprint density at radius 3 is 1.75 bits per heavy atom. The molecule has 0 spiro atoms. The summed E-state index contributed by atoms with van der Waals surface area (Å²) in [6, 6.07) is 3.89. The highest BCUT2D eigenvalue weighted by Gasteiger charge is 2.30. The number of carbonyl (C=O) groups is 8. The maximum Gasteiger partial charge on any atom is 0.306 e. The minimum atomic E-state index is -1.30. The number of aliphatic carboxylic acids is 1. The zero-order valence-corrected chi connectivity index (χ0v) is 37.2. The Kier molecular flexibility index (Phi) is 30.3. The number of aromatic nitrogens is 1. The van der Waals surface area contributed by atoms with E-state index in [0.717, 1.165) is 5.03 Å². The number of carboxylic acid groups (broad SMARTS) is 1. The molecule has 1 amide bonds. The summed E-state index contributed by atoms with van der Waals surface area (Å²) in [6.45, 7) is 3.61. The number of carbonyl (C=O) groups excluding carboxylic acids is 7. The number of ether oxygens (including phenoxy) is 5. The van der Waals surface area contributed by atoms with E-state index in [4.69, 9.17) is 23.7 Å². The van der Waals surface area contributed by atoms with Crippen LogP contribution in [0.1, 0.15) is 71.6 Å². The molecule has 21 heteroatoms. The molecule has 332 valence electrons. The molecule has 1 aromatic heterocycles. The summed E-state index contributed by atoms with van der Waals surface area (Å²) in [5, 5.41) is 16.1. The van der Waals surface area contributed by atoms with E-state index in [1.54, 1.807) is 26.2 Å². The van der Waals surface area contributed by atoms with E-state index in [0.29, 0.717) is 23.7 Å². The van der Waals surface area contributed by atoms with Crippen LogP contribution in [0.5, 0.6) is 0 Å². The van der Waals surface area contributed by atoms with Crippen molar-refractivity contribution in [1.82, 2.24) is 15.6 Å². The Hall–Kier alpha value is -3.37. The first-order valence-electron chi connectivity index (χ1n) is 19.1. The maximum atomic E-state index is 13.4. The van der Waals surface area contributed by atoms with Crippen molar-refractivity contribution in [2.45, 2.75) is 88.7 Å². The van der Waals surface area contributed by atoms with Crippen LogP contribution in [-0.2, 0) is 62.0 Å². The molecule has 4 atom stereocenters. The predicted molar refractivity (Wildman–Crippen MR) is 225 cm³/mol. The highest BCUT2D eigenvalue weighted by atomic mass is 33.1. The van der Waals surface area contributed by atoms with Crippen LogP contribution in [0.3, 0.4) is 0 Å². The largest absolute Gasteiger partial charge is 0.481 e. The molecule has 17 nitrogen and oxygen atoms in total. The molecule has 1 aromatic rings. The number of amides is 1. The predicted octanol–water partition coefficient (Wildman–Crippen LogP) is 4.10. The second-order valence-corrected chi connectivity index (χ2v) is 18.0. The second-order valence-electron chi connectivity index (χ2n) is 12.9. The number of Topliss-reactive ketones (excluding diaryl/α,β-unsaturated/α-hetero) is 2. The number of pyridine rings is 1. The number of hydrogen-bond acceptors (Lipinski definition) is 19. The van der Waals surface area contributed by atoms with Crippen molar-refractivity contribution >= 4 is 90.5 Å². The Balaban J connectivity index is 2.52. The lowest BCUT2D eigenvalue weighted by Crippen LogP contribution is -2.44. The van der Waals surface area contributed by atoms with Crippen LogP contribution in [0.15, 0.2) is 29.4 Å². The molecule has 0 aliphatic heterocycles. The van der Waals surface area contributed by atoms with Gasteiger partial charge >= 0.3 is 29.8 Å². The van der Waals surface area contributed by atoms with Gasteiger partial charge in [0.1, 0.15) is 37.2 Å². The number of likely N-dealkylation sites (N-methyl/N-ethyl adjacent to an activating group) is 1. The zero-order valence-electron chi connectivity index (χ0n) is 34.0.